The second-order valence-electron chi connectivity index (χ2n) is 9.18. The van der Waals surface area contributed by atoms with Gasteiger partial charge in [0.2, 0.25) is 0 Å². The van der Waals surface area contributed by atoms with Crippen molar-refractivity contribution in [2.24, 2.45) is 5.92 Å². The third-order valence-corrected chi connectivity index (χ3v) is 7.19. The molecule has 1 atom stereocenters. The Bertz CT molecular complexity index is 1050. The van der Waals surface area contributed by atoms with Gasteiger partial charge < -0.3 is 24.5 Å². The first-order valence-electron chi connectivity index (χ1n) is 11.9. The first-order valence-corrected chi connectivity index (χ1v) is 11.9. The Morgan fingerprint density at radius 1 is 0.824 bits per heavy atom. The number of carbonyl (C=O) groups is 3. The summed E-state index contributed by atoms with van der Waals surface area (Å²) in [5.41, 5.74) is 4.73. The van der Waals surface area contributed by atoms with Crippen molar-refractivity contribution in [3.63, 3.8) is 0 Å². The molecule has 8 heteroatoms. The lowest BCUT2D eigenvalue weighted by Gasteiger charge is -2.39. The average Bonchev–Trinajstić information content (AvgIpc) is 3.20. The first-order chi connectivity index (χ1) is 16.5. The molecule has 34 heavy (non-hydrogen) atoms. The number of piperidine rings is 1. The normalized spacial score (nSPS) is 20.0. The SMILES string of the molecule is O=C(O)C1CCCN(C(=O)N2CCN(C(=O)OCC3c4ccccc4-c4ccccc43)CC2)C1. The van der Waals surface area contributed by atoms with E-state index in [-0.39, 0.29) is 31.2 Å². The maximum Gasteiger partial charge on any atom is 0.409 e. The summed E-state index contributed by atoms with van der Waals surface area (Å²) in [5, 5.41) is 9.27. The Morgan fingerprint density at radius 2 is 1.41 bits per heavy atom. The van der Waals surface area contributed by atoms with Gasteiger partial charge in [-0.25, -0.2) is 9.59 Å². The van der Waals surface area contributed by atoms with Crippen molar-refractivity contribution in [3.05, 3.63) is 59.7 Å². The molecular formula is C26H29N3O5. The van der Waals surface area contributed by atoms with E-state index < -0.39 is 11.9 Å². The van der Waals surface area contributed by atoms with Gasteiger partial charge in [-0.1, -0.05) is 48.5 Å². The van der Waals surface area contributed by atoms with E-state index in [4.69, 9.17) is 4.74 Å². The third-order valence-electron chi connectivity index (χ3n) is 7.19. The van der Waals surface area contributed by atoms with Crippen LogP contribution in [0.1, 0.15) is 29.9 Å². The maximum atomic E-state index is 12.9. The van der Waals surface area contributed by atoms with E-state index in [1.807, 2.05) is 24.3 Å². The number of amides is 3. The van der Waals surface area contributed by atoms with Crippen molar-refractivity contribution in [2.45, 2.75) is 18.8 Å². The minimum absolute atomic E-state index is 0.0144. The fraction of sp³-hybridized carbons (Fsp3) is 0.423. The zero-order valence-corrected chi connectivity index (χ0v) is 19.1. The highest BCUT2D eigenvalue weighted by Crippen LogP contribution is 2.44. The summed E-state index contributed by atoms with van der Waals surface area (Å²) < 4.78 is 5.74. The van der Waals surface area contributed by atoms with Crippen molar-refractivity contribution >= 4 is 18.1 Å². The molecule has 178 valence electrons. The van der Waals surface area contributed by atoms with Crippen molar-refractivity contribution < 1.29 is 24.2 Å². The lowest BCUT2D eigenvalue weighted by molar-refractivity contribution is -0.143. The molecule has 5 rings (SSSR count). The number of nitrogens with zero attached hydrogens (tertiary/aromatic N) is 3. The molecule has 3 amide bonds. The predicted molar refractivity (Wildman–Crippen MR) is 126 cm³/mol. The molecule has 0 spiro atoms. The van der Waals surface area contributed by atoms with Crippen LogP contribution >= 0.6 is 0 Å². The molecular weight excluding hydrogens is 434 g/mol. The quantitative estimate of drug-likeness (QED) is 0.753. The van der Waals surface area contributed by atoms with Crippen LogP contribution in [0, 0.1) is 5.92 Å². The molecule has 2 fully saturated rings. The van der Waals surface area contributed by atoms with Gasteiger partial charge in [-0.15, -0.1) is 0 Å². The van der Waals surface area contributed by atoms with E-state index in [0.717, 1.165) is 0 Å². The van der Waals surface area contributed by atoms with Gasteiger partial charge in [0.1, 0.15) is 6.61 Å². The molecule has 3 aliphatic rings. The Morgan fingerprint density at radius 3 is 2.03 bits per heavy atom. The lowest BCUT2D eigenvalue weighted by Crippen LogP contribution is -2.55. The van der Waals surface area contributed by atoms with Gasteiger partial charge in [0, 0.05) is 45.2 Å². The molecule has 2 saturated heterocycles. The molecule has 1 unspecified atom stereocenters. The fourth-order valence-corrected chi connectivity index (χ4v) is 5.32. The van der Waals surface area contributed by atoms with Crippen molar-refractivity contribution in [3.8, 4) is 11.1 Å². The van der Waals surface area contributed by atoms with Crippen molar-refractivity contribution in [1.82, 2.24) is 14.7 Å². The van der Waals surface area contributed by atoms with E-state index in [9.17, 15) is 19.5 Å². The average molecular weight is 464 g/mol. The Kier molecular flexibility index (Phi) is 6.13. The fourth-order valence-electron chi connectivity index (χ4n) is 5.32. The van der Waals surface area contributed by atoms with E-state index in [1.165, 1.54) is 22.3 Å². The van der Waals surface area contributed by atoms with Gasteiger partial charge in [0.05, 0.1) is 5.92 Å². The van der Waals surface area contributed by atoms with Crippen LogP contribution < -0.4 is 0 Å². The van der Waals surface area contributed by atoms with E-state index in [2.05, 4.69) is 24.3 Å². The van der Waals surface area contributed by atoms with Crippen molar-refractivity contribution in [2.75, 3.05) is 45.9 Å². The number of rotatable bonds is 3. The highest BCUT2D eigenvalue weighted by Gasteiger charge is 2.34. The minimum Gasteiger partial charge on any atom is -0.481 e. The number of likely N-dealkylation sites (tertiary alicyclic amines) is 1. The number of hydrogen-bond donors (Lipinski definition) is 1. The molecule has 0 aromatic heterocycles. The molecule has 2 aromatic rings. The predicted octanol–water partition coefficient (Wildman–Crippen LogP) is 3.47. The molecule has 2 aliphatic heterocycles. The van der Waals surface area contributed by atoms with E-state index >= 15 is 0 Å². The Labute approximate surface area is 198 Å². The van der Waals surface area contributed by atoms with Crippen molar-refractivity contribution in [1.29, 1.82) is 0 Å². The van der Waals surface area contributed by atoms with Gasteiger partial charge in [-0.05, 0) is 35.1 Å². The van der Waals surface area contributed by atoms with Gasteiger partial charge in [-0.3, -0.25) is 4.79 Å². The summed E-state index contributed by atoms with van der Waals surface area (Å²) in [7, 11) is 0. The molecule has 0 radical (unpaired) electrons. The first kappa shape index (κ1) is 22.3. The number of fused-ring (bicyclic) bond motifs is 3. The van der Waals surface area contributed by atoms with Crippen LogP contribution in [0.4, 0.5) is 9.59 Å². The zero-order chi connectivity index (χ0) is 23.7. The van der Waals surface area contributed by atoms with E-state index in [0.29, 0.717) is 45.6 Å². The second kappa shape index (κ2) is 9.37. The summed E-state index contributed by atoms with van der Waals surface area (Å²) in [5.74, 6) is -1.34. The summed E-state index contributed by atoms with van der Waals surface area (Å²) in [6.07, 6.45) is 0.940. The molecule has 2 heterocycles. The number of piperazine rings is 1. The van der Waals surface area contributed by atoms with Gasteiger partial charge in [-0.2, -0.15) is 0 Å². The smallest absolute Gasteiger partial charge is 0.409 e. The number of benzene rings is 2. The van der Waals surface area contributed by atoms with Gasteiger partial charge in [0.25, 0.3) is 0 Å². The molecule has 2 aromatic carbocycles. The van der Waals surface area contributed by atoms with Crippen LogP contribution in [0.2, 0.25) is 0 Å². The molecule has 1 aliphatic carbocycles. The number of urea groups is 1. The molecule has 0 bridgehead atoms. The number of ether oxygens (including phenoxy) is 1. The molecule has 1 N–H and O–H groups in total. The summed E-state index contributed by atoms with van der Waals surface area (Å²) in [4.78, 5) is 41.9. The number of carboxylic acids is 1. The number of aliphatic carboxylic acids is 1. The minimum atomic E-state index is -0.849. The highest BCUT2D eigenvalue weighted by molar-refractivity contribution is 5.79. The van der Waals surface area contributed by atoms with Crippen LogP contribution in [-0.4, -0.2) is 83.8 Å². The maximum absolute atomic E-state index is 12.9. The molecule has 0 saturated carbocycles. The largest absolute Gasteiger partial charge is 0.481 e. The van der Waals surface area contributed by atoms with Crippen LogP contribution in [0.15, 0.2) is 48.5 Å². The third kappa shape index (κ3) is 4.20. The van der Waals surface area contributed by atoms with Crippen LogP contribution in [0.3, 0.4) is 0 Å². The standard InChI is InChI=1S/C26H29N3O5/c30-24(31)18-6-5-11-29(16-18)25(32)27-12-14-28(15-13-27)26(33)34-17-23-21-9-3-1-7-19(21)20-8-2-4-10-22(20)23/h1-4,7-10,18,23H,5-6,11-17H2,(H,30,31). The number of carbonyl (C=O) groups excluding carboxylic acids is 2. The van der Waals surface area contributed by atoms with E-state index in [1.54, 1.807) is 14.7 Å². The highest BCUT2D eigenvalue weighted by atomic mass is 16.6. The number of hydrogen-bond acceptors (Lipinski definition) is 4. The summed E-state index contributed by atoms with van der Waals surface area (Å²) in [6.45, 7) is 2.73. The van der Waals surface area contributed by atoms with Gasteiger partial charge in [0.15, 0.2) is 0 Å². The summed E-state index contributed by atoms with van der Waals surface area (Å²) in [6, 6.07) is 16.3. The molecule has 8 nitrogen and oxygen atoms in total. The van der Waals surface area contributed by atoms with Crippen LogP contribution in [-0.2, 0) is 9.53 Å². The topological polar surface area (TPSA) is 90.4 Å². The Hall–Kier alpha value is -3.55. The Balaban J connectivity index is 1.15. The van der Waals surface area contributed by atoms with Crippen LogP contribution in [0.25, 0.3) is 11.1 Å². The summed E-state index contributed by atoms with van der Waals surface area (Å²) >= 11 is 0. The van der Waals surface area contributed by atoms with Gasteiger partial charge >= 0.3 is 18.1 Å². The number of carboxylic acid groups (broad SMARTS) is 1. The zero-order valence-electron chi connectivity index (χ0n) is 19.1. The lowest BCUT2D eigenvalue weighted by atomic mass is 9.98. The second-order valence-corrected chi connectivity index (χ2v) is 9.18. The van der Waals surface area contributed by atoms with Crippen LogP contribution in [0.5, 0.6) is 0 Å². The monoisotopic (exact) mass is 463 g/mol.